The number of rotatable bonds is 7. The summed E-state index contributed by atoms with van der Waals surface area (Å²) in [7, 11) is 0. The summed E-state index contributed by atoms with van der Waals surface area (Å²) in [6.45, 7) is 0.319. The predicted octanol–water partition coefficient (Wildman–Crippen LogP) is 3.06. The highest BCUT2D eigenvalue weighted by atomic mass is 16.5. The predicted molar refractivity (Wildman–Crippen MR) is 107 cm³/mol. The van der Waals surface area contributed by atoms with Crippen molar-refractivity contribution in [1.29, 1.82) is 0 Å². The number of esters is 1. The summed E-state index contributed by atoms with van der Waals surface area (Å²) < 4.78 is 5.16. The van der Waals surface area contributed by atoms with Crippen molar-refractivity contribution in [1.82, 2.24) is 5.32 Å². The van der Waals surface area contributed by atoms with Crippen LogP contribution in [-0.4, -0.2) is 30.7 Å². The van der Waals surface area contributed by atoms with Crippen molar-refractivity contribution < 1.29 is 14.3 Å². The minimum Gasteiger partial charge on any atom is -0.464 e. The number of carbonyl (C=O) groups excluding carboxylic acids is 2. The largest absolute Gasteiger partial charge is 0.464 e. The Morgan fingerprint density at radius 1 is 1.04 bits per heavy atom. The van der Waals surface area contributed by atoms with Gasteiger partial charge < -0.3 is 10.1 Å². The van der Waals surface area contributed by atoms with Crippen LogP contribution in [0, 0.1) is 5.92 Å². The van der Waals surface area contributed by atoms with Crippen LogP contribution in [0.25, 0.3) is 0 Å². The van der Waals surface area contributed by atoms with Crippen LogP contribution in [0.1, 0.15) is 30.9 Å². The van der Waals surface area contributed by atoms with E-state index in [1.54, 1.807) is 0 Å². The first-order valence-corrected chi connectivity index (χ1v) is 9.61. The minimum absolute atomic E-state index is 0.0637. The van der Waals surface area contributed by atoms with Crippen molar-refractivity contribution in [2.75, 3.05) is 18.2 Å². The monoisotopic (exact) mass is 377 g/mol. The quantitative estimate of drug-likeness (QED) is 0.753. The van der Waals surface area contributed by atoms with Crippen molar-refractivity contribution in [3.05, 3.63) is 66.2 Å². The van der Waals surface area contributed by atoms with Crippen LogP contribution in [0.15, 0.2) is 65.8 Å². The van der Waals surface area contributed by atoms with Crippen molar-refractivity contribution in [3.8, 4) is 0 Å². The van der Waals surface area contributed by atoms with E-state index in [1.165, 1.54) is 0 Å². The molecule has 144 valence electrons. The highest BCUT2D eigenvalue weighted by Gasteiger charge is 2.32. The zero-order valence-electron chi connectivity index (χ0n) is 15.6. The molecule has 1 aliphatic carbocycles. The van der Waals surface area contributed by atoms with E-state index in [9.17, 15) is 9.59 Å². The maximum atomic E-state index is 12.6. The Morgan fingerprint density at radius 2 is 1.71 bits per heavy atom. The highest BCUT2D eigenvalue weighted by molar-refractivity contribution is 6.40. The molecule has 0 radical (unpaired) electrons. The van der Waals surface area contributed by atoms with Crippen LogP contribution in [0.5, 0.6) is 0 Å². The molecular weight excluding hydrogens is 354 g/mol. The number of nitrogens with one attached hydrogen (secondary N) is 1. The van der Waals surface area contributed by atoms with E-state index >= 15 is 0 Å². The molecule has 2 aromatic rings. The number of ether oxygens (including phenoxy) is 1. The number of hydrazone groups is 1. The van der Waals surface area contributed by atoms with E-state index in [0.29, 0.717) is 24.7 Å². The van der Waals surface area contributed by atoms with E-state index in [4.69, 9.17) is 4.74 Å². The molecule has 28 heavy (non-hydrogen) atoms. The summed E-state index contributed by atoms with van der Waals surface area (Å²) in [5, 5.41) is 9.08. The van der Waals surface area contributed by atoms with Crippen molar-refractivity contribution in [2.24, 2.45) is 11.0 Å². The summed E-state index contributed by atoms with van der Waals surface area (Å²) in [6.07, 6.45) is 2.71. The number of nitrogens with zero attached hydrogens (tertiary/aromatic N) is 2. The van der Waals surface area contributed by atoms with Gasteiger partial charge in [0.2, 0.25) is 0 Å². The molecule has 4 rings (SSSR count). The first kappa shape index (κ1) is 18.2. The second-order valence-electron chi connectivity index (χ2n) is 7.17. The lowest BCUT2D eigenvalue weighted by molar-refractivity contribution is -0.143. The molecule has 0 spiro atoms. The van der Waals surface area contributed by atoms with Gasteiger partial charge in [-0.2, -0.15) is 5.10 Å². The molecule has 1 aliphatic heterocycles. The molecule has 1 unspecified atom stereocenters. The van der Waals surface area contributed by atoms with Crippen LogP contribution < -0.4 is 10.3 Å². The van der Waals surface area contributed by atoms with Crippen molar-refractivity contribution >= 4 is 23.3 Å². The zero-order chi connectivity index (χ0) is 19.3. The van der Waals surface area contributed by atoms with E-state index in [0.717, 1.165) is 24.1 Å². The van der Waals surface area contributed by atoms with Gasteiger partial charge in [0, 0.05) is 6.42 Å². The molecule has 2 aromatic carbocycles. The molecule has 1 heterocycles. The SMILES string of the molecule is O=C(CNC(=O)C1=NN(c2ccccc2)C(c2ccccc2)C1)OCC1CC1. The van der Waals surface area contributed by atoms with Gasteiger partial charge in [0.25, 0.3) is 5.91 Å². The van der Waals surface area contributed by atoms with E-state index < -0.39 is 5.97 Å². The zero-order valence-corrected chi connectivity index (χ0v) is 15.6. The fourth-order valence-electron chi connectivity index (χ4n) is 3.20. The van der Waals surface area contributed by atoms with Gasteiger partial charge in [-0.3, -0.25) is 14.6 Å². The molecule has 1 atom stereocenters. The molecule has 2 aliphatic rings. The summed E-state index contributed by atoms with van der Waals surface area (Å²) in [5.74, 6) is -0.231. The summed E-state index contributed by atoms with van der Waals surface area (Å²) in [4.78, 5) is 24.4. The lowest BCUT2D eigenvalue weighted by atomic mass is 10.0. The third-order valence-corrected chi connectivity index (χ3v) is 4.95. The van der Waals surface area contributed by atoms with Crippen LogP contribution in [0.4, 0.5) is 5.69 Å². The van der Waals surface area contributed by atoms with Crippen LogP contribution in [-0.2, 0) is 14.3 Å². The Bertz CT molecular complexity index is 863. The summed E-state index contributed by atoms with van der Waals surface area (Å²) in [5.41, 5.74) is 2.41. The number of para-hydroxylation sites is 1. The highest BCUT2D eigenvalue weighted by Crippen LogP contribution is 2.35. The molecule has 1 N–H and O–H groups in total. The lowest BCUT2D eigenvalue weighted by Gasteiger charge is -2.23. The van der Waals surface area contributed by atoms with Gasteiger partial charge in [-0.15, -0.1) is 0 Å². The number of amides is 1. The molecule has 0 aromatic heterocycles. The first-order valence-electron chi connectivity index (χ1n) is 9.61. The van der Waals surface area contributed by atoms with Gasteiger partial charge in [0.15, 0.2) is 0 Å². The average Bonchev–Trinajstić information content (AvgIpc) is 3.47. The number of carbonyl (C=O) groups is 2. The fraction of sp³-hybridized carbons (Fsp3) is 0.318. The third kappa shape index (κ3) is 4.39. The molecule has 6 nitrogen and oxygen atoms in total. The number of hydrogen-bond acceptors (Lipinski definition) is 5. The fourth-order valence-corrected chi connectivity index (χ4v) is 3.20. The van der Waals surface area contributed by atoms with E-state index in [2.05, 4.69) is 10.4 Å². The molecule has 6 heteroatoms. The molecule has 1 amide bonds. The summed E-state index contributed by atoms with van der Waals surface area (Å²) >= 11 is 0. The minimum atomic E-state index is -0.404. The smallest absolute Gasteiger partial charge is 0.325 e. The number of anilines is 1. The number of hydrogen-bond donors (Lipinski definition) is 1. The van der Waals surface area contributed by atoms with Gasteiger partial charge in [-0.05, 0) is 36.5 Å². The Kier molecular flexibility index (Phi) is 5.37. The topological polar surface area (TPSA) is 71.0 Å². The molecule has 0 saturated heterocycles. The van der Waals surface area contributed by atoms with E-state index in [1.807, 2.05) is 65.7 Å². The number of benzene rings is 2. The maximum Gasteiger partial charge on any atom is 0.325 e. The van der Waals surface area contributed by atoms with Gasteiger partial charge in [0.1, 0.15) is 12.3 Å². The average molecular weight is 377 g/mol. The van der Waals surface area contributed by atoms with Gasteiger partial charge in [-0.25, -0.2) is 0 Å². The molecule has 0 bridgehead atoms. The van der Waals surface area contributed by atoms with Crippen LogP contribution >= 0.6 is 0 Å². The van der Waals surface area contributed by atoms with Crippen LogP contribution in [0.3, 0.4) is 0 Å². The Balaban J connectivity index is 1.44. The van der Waals surface area contributed by atoms with Gasteiger partial charge >= 0.3 is 5.97 Å². The van der Waals surface area contributed by atoms with Gasteiger partial charge in [0.05, 0.1) is 18.3 Å². The Hall–Kier alpha value is -3.15. The second-order valence-corrected chi connectivity index (χ2v) is 7.17. The van der Waals surface area contributed by atoms with Crippen molar-refractivity contribution in [3.63, 3.8) is 0 Å². The molecule has 1 saturated carbocycles. The Labute approximate surface area is 164 Å². The molecule has 1 fully saturated rings. The lowest BCUT2D eigenvalue weighted by Crippen LogP contribution is -2.35. The molecular formula is C22H23N3O3. The van der Waals surface area contributed by atoms with Gasteiger partial charge in [-0.1, -0.05) is 48.5 Å². The second kappa shape index (κ2) is 8.25. The van der Waals surface area contributed by atoms with E-state index in [-0.39, 0.29) is 18.5 Å². The van der Waals surface area contributed by atoms with Crippen molar-refractivity contribution in [2.45, 2.75) is 25.3 Å². The standard InChI is InChI=1S/C22H23N3O3/c26-21(28-15-16-11-12-16)14-23-22(27)19-13-20(17-7-3-1-4-8-17)25(24-19)18-9-5-2-6-10-18/h1-10,16,20H,11-15H2,(H,23,27). The third-order valence-electron chi connectivity index (χ3n) is 4.95. The normalized spacial score (nSPS) is 18.5. The first-order chi connectivity index (χ1) is 13.7. The maximum absolute atomic E-state index is 12.6. The summed E-state index contributed by atoms with van der Waals surface area (Å²) in [6, 6.07) is 19.7. The van der Waals surface area contributed by atoms with Crippen LogP contribution in [0.2, 0.25) is 0 Å². The Morgan fingerprint density at radius 3 is 2.39 bits per heavy atom.